The first kappa shape index (κ1) is 56.8. The van der Waals surface area contributed by atoms with Gasteiger partial charge in [-0.1, -0.05) is 24.6 Å². The number of hydrogen-bond acceptors (Lipinski definition) is 13. The van der Waals surface area contributed by atoms with E-state index < -0.39 is 24.0 Å². The lowest BCUT2D eigenvalue weighted by Crippen LogP contribution is -2.49. The molecule has 4 amide bonds. The summed E-state index contributed by atoms with van der Waals surface area (Å²) in [6, 6.07) is 5.34. The molecule has 1 aliphatic heterocycles. The zero-order chi connectivity index (χ0) is 49.8. The van der Waals surface area contributed by atoms with Gasteiger partial charge in [-0.15, -0.1) is 0 Å². The van der Waals surface area contributed by atoms with Crippen molar-refractivity contribution in [3.05, 3.63) is 48.0 Å². The minimum atomic E-state index is -0.962. The van der Waals surface area contributed by atoms with E-state index in [1.807, 2.05) is 24.3 Å². The van der Waals surface area contributed by atoms with Gasteiger partial charge in [0.15, 0.2) is 17.5 Å². The van der Waals surface area contributed by atoms with E-state index in [1.165, 1.54) is 16.1 Å². The Morgan fingerprint density at radius 3 is 1.97 bits per heavy atom. The van der Waals surface area contributed by atoms with Crippen LogP contribution in [-0.4, -0.2) is 141 Å². The maximum atomic E-state index is 14.7. The highest BCUT2D eigenvalue weighted by Gasteiger charge is 2.34. The Labute approximate surface area is 406 Å². The van der Waals surface area contributed by atoms with E-state index in [9.17, 15) is 28.8 Å². The lowest BCUT2D eigenvalue weighted by atomic mass is 9.94. The molecule has 0 bridgehead atoms. The van der Waals surface area contributed by atoms with E-state index in [0.29, 0.717) is 95.3 Å². The summed E-state index contributed by atoms with van der Waals surface area (Å²) in [7, 11) is 0. The number of guanidine groups is 1. The van der Waals surface area contributed by atoms with E-state index >= 15 is 0 Å². The highest BCUT2D eigenvalue weighted by molar-refractivity contribution is 7.80. The number of aliphatic imine (C=N–C) groups is 1. The van der Waals surface area contributed by atoms with Gasteiger partial charge in [-0.3, -0.25) is 39.2 Å². The van der Waals surface area contributed by atoms with Crippen molar-refractivity contribution < 1.29 is 28.8 Å². The number of ketones is 2. The Morgan fingerprint density at radius 2 is 1.34 bits per heavy atom. The monoisotopic (exact) mass is 967 g/mol. The van der Waals surface area contributed by atoms with E-state index in [2.05, 4.69) is 32.9 Å². The van der Waals surface area contributed by atoms with E-state index in [1.54, 1.807) is 11.1 Å². The lowest BCUT2D eigenvalue weighted by molar-refractivity contribution is -0.141. The third kappa shape index (κ3) is 19.6. The molecule has 1 aliphatic rings. The average Bonchev–Trinajstić information content (AvgIpc) is 3.99. The normalized spacial score (nSPS) is 14.2. The van der Waals surface area contributed by atoms with Gasteiger partial charge in [-0.05, 0) is 88.1 Å². The Morgan fingerprint density at radius 1 is 0.721 bits per heavy atom. The number of nitrogens with two attached hydrogens (primary N) is 6. The second-order valence-electron chi connectivity index (χ2n) is 17.4. The molecule has 2 heterocycles. The van der Waals surface area contributed by atoms with Crippen LogP contribution in [0.4, 0.5) is 5.69 Å². The van der Waals surface area contributed by atoms with Crippen LogP contribution < -0.4 is 39.7 Å². The van der Waals surface area contributed by atoms with Crippen LogP contribution in [0.2, 0.25) is 0 Å². The minimum absolute atomic E-state index is 0.0168. The predicted molar refractivity (Wildman–Crippen MR) is 269 cm³/mol. The van der Waals surface area contributed by atoms with Crippen LogP contribution in [0.3, 0.4) is 0 Å². The van der Waals surface area contributed by atoms with Crippen molar-refractivity contribution in [2.24, 2.45) is 39.4 Å². The molecule has 4 unspecified atom stereocenters. The summed E-state index contributed by atoms with van der Waals surface area (Å²) in [4.78, 5) is 99.2. The van der Waals surface area contributed by atoms with Crippen molar-refractivity contribution in [3.8, 4) is 0 Å². The largest absolute Gasteiger partial charge is 0.388 e. The molecule has 2 aromatic rings. The number of nitrogens with one attached hydrogen (secondary N) is 3. The number of Topliss-reactive ketones (excluding diaryl/α,β-unsaturated/α-hetero) is 2. The van der Waals surface area contributed by atoms with Gasteiger partial charge in [0.25, 0.3) is 0 Å². The van der Waals surface area contributed by atoms with Crippen LogP contribution >= 0.6 is 12.6 Å². The molecule has 0 saturated heterocycles. The van der Waals surface area contributed by atoms with E-state index in [4.69, 9.17) is 39.8 Å². The first-order chi connectivity index (χ1) is 32.7. The second-order valence-corrected chi connectivity index (χ2v) is 17.9. The number of fused-ring (bicyclic) bond motifs is 1. The number of imidazole rings is 1. The summed E-state index contributed by atoms with van der Waals surface area (Å²) in [5, 5.41) is 11.0. The van der Waals surface area contributed by atoms with Crippen molar-refractivity contribution in [1.29, 1.82) is 5.41 Å². The molecule has 68 heavy (non-hydrogen) atoms. The molecule has 15 N–H and O–H groups in total. The minimum Gasteiger partial charge on any atom is -0.388 e. The number of aromatic nitrogens is 2. The van der Waals surface area contributed by atoms with Crippen molar-refractivity contribution in [2.75, 3.05) is 56.9 Å². The number of aromatic amines is 1. The number of thiol groups is 1. The smallest absolute Gasteiger partial charge is 0.240 e. The molecule has 0 spiro atoms. The summed E-state index contributed by atoms with van der Waals surface area (Å²) >= 11 is 4.25. The molecule has 4 atom stereocenters. The number of rotatable bonds is 37. The maximum absolute atomic E-state index is 14.7. The summed E-state index contributed by atoms with van der Waals surface area (Å²) < 4.78 is 0. The number of anilines is 1. The molecule has 1 aromatic carbocycles. The number of amides is 4. The fraction of sp³-hybridized carbons (Fsp3) is 0.638. The fourth-order valence-corrected chi connectivity index (χ4v) is 8.99. The number of benzene rings is 1. The molecule has 1 aromatic heterocycles. The van der Waals surface area contributed by atoms with Crippen molar-refractivity contribution in [1.82, 2.24) is 24.7 Å². The van der Waals surface area contributed by atoms with Gasteiger partial charge in [-0.2, -0.15) is 12.6 Å². The lowest BCUT2D eigenvalue weighted by Gasteiger charge is -2.33. The topological polar surface area (TPSA) is 345 Å². The van der Waals surface area contributed by atoms with Gasteiger partial charge < -0.3 is 59.4 Å². The average molecular weight is 967 g/mol. The van der Waals surface area contributed by atoms with Crippen LogP contribution in [0.1, 0.15) is 126 Å². The zero-order valence-corrected chi connectivity index (χ0v) is 40.6. The second kappa shape index (κ2) is 31.5. The highest BCUT2D eigenvalue weighted by atomic mass is 32.1. The molecule has 0 fully saturated rings. The molecule has 0 radical (unpaired) electrons. The maximum Gasteiger partial charge on any atom is 0.240 e. The SMILES string of the molecule is N=C(N)CCCCC(C(=O)CCCN(C(=O)CCC1CNc2ccccc21)C(Cc1cnc[nH]1)C(=O)CCCN(C(=O)CCCCN=C(N)N)C(CCCCN)C(N)=O)N(CCN)C(=O)CCS. The summed E-state index contributed by atoms with van der Waals surface area (Å²) in [6.07, 6.45) is 8.88. The first-order valence-corrected chi connectivity index (χ1v) is 24.8. The molecule has 3 rings (SSSR count). The molecular formula is C47H78N14O6S. The third-order valence-electron chi connectivity index (χ3n) is 12.3. The van der Waals surface area contributed by atoms with Gasteiger partial charge in [0, 0.05) is 108 Å². The number of amidine groups is 1. The zero-order valence-electron chi connectivity index (χ0n) is 39.8. The molecule has 0 saturated carbocycles. The Bertz CT molecular complexity index is 1930. The van der Waals surface area contributed by atoms with Crippen LogP contribution in [0.5, 0.6) is 0 Å². The molecule has 0 aliphatic carbocycles. The molecule has 378 valence electrons. The van der Waals surface area contributed by atoms with E-state index in [0.717, 1.165) is 11.3 Å². The van der Waals surface area contributed by atoms with Crippen LogP contribution in [0, 0.1) is 5.41 Å². The molecular weight excluding hydrogens is 889 g/mol. The summed E-state index contributed by atoms with van der Waals surface area (Å²) in [6.45, 7) is 1.90. The van der Waals surface area contributed by atoms with Crippen LogP contribution in [0.15, 0.2) is 41.8 Å². The van der Waals surface area contributed by atoms with Gasteiger partial charge in [0.05, 0.1) is 24.2 Å². The standard InChI is InChI=1S/C47H78N14O6S/c48-22-7-5-14-38(46(52)67)59(43(64)18-6-8-24-56-47(53)54)25-10-16-41(63)39(29-34-31-55-32-58-34)60(44(65)20-19-33-30-57-36-12-2-1-11-35(33)36)26-9-15-40(62)37(13-3-4-17-42(50)51)61(27-23-49)45(66)21-28-68/h1-2,11-12,31-33,37-39,57,68H,3-10,13-30,48-49H2,(H3,50,51)(H2,52,67)(H,55,58)(H4,53,54,56). The van der Waals surface area contributed by atoms with Crippen molar-refractivity contribution in [3.63, 3.8) is 0 Å². The summed E-state index contributed by atoms with van der Waals surface area (Å²) in [5.74, 6) is -1.50. The number of carbonyl (C=O) groups is 6. The van der Waals surface area contributed by atoms with Crippen LogP contribution in [-0.2, 0) is 35.2 Å². The van der Waals surface area contributed by atoms with Gasteiger partial charge in [0.1, 0.15) is 6.04 Å². The molecule has 21 heteroatoms. The fourth-order valence-electron chi connectivity index (χ4n) is 8.80. The third-order valence-corrected chi connectivity index (χ3v) is 12.5. The Balaban J connectivity index is 1.92. The number of unbranched alkanes of at least 4 members (excludes halogenated alkanes) is 3. The molecule has 20 nitrogen and oxygen atoms in total. The number of H-pyrrole nitrogens is 1. The first-order valence-electron chi connectivity index (χ1n) is 24.1. The Hall–Kier alpha value is -5.54. The van der Waals surface area contributed by atoms with Crippen molar-refractivity contribution in [2.45, 2.75) is 140 Å². The van der Waals surface area contributed by atoms with Gasteiger partial charge in [0.2, 0.25) is 23.6 Å². The van der Waals surface area contributed by atoms with E-state index in [-0.39, 0.29) is 125 Å². The Kier molecular flexibility index (Phi) is 26.3. The number of para-hydroxylation sites is 1. The van der Waals surface area contributed by atoms with Crippen LogP contribution in [0.25, 0.3) is 0 Å². The van der Waals surface area contributed by atoms with Gasteiger partial charge >= 0.3 is 0 Å². The number of primary amides is 1. The highest BCUT2D eigenvalue weighted by Crippen LogP contribution is 2.34. The number of carbonyl (C=O) groups excluding carboxylic acids is 6. The summed E-state index contributed by atoms with van der Waals surface area (Å²) in [5.41, 5.74) is 36.8. The number of hydrogen-bond donors (Lipinski definition) is 10. The number of nitrogens with zero attached hydrogens (tertiary/aromatic N) is 5. The van der Waals surface area contributed by atoms with Crippen molar-refractivity contribution >= 4 is 65.3 Å². The predicted octanol–water partition coefficient (Wildman–Crippen LogP) is 2.06. The van der Waals surface area contributed by atoms with Gasteiger partial charge in [-0.25, -0.2) is 4.98 Å². The quantitative estimate of drug-likeness (QED) is 0.0201.